The van der Waals surface area contributed by atoms with Gasteiger partial charge in [-0.1, -0.05) is 17.3 Å². The fraction of sp³-hybridized carbons (Fsp3) is 0.200. The van der Waals surface area contributed by atoms with Gasteiger partial charge in [-0.25, -0.2) is 0 Å². The van der Waals surface area contributed by atoms with E-state index in [0.29, 0.717) is 11.6 Å². The van der Waals surface area contributed by atoms with Crippen LogP contribution in [0.15, 0.2) is 40.1 Å². The smallest absolute Gasteiger partial charge is 0.213 e. The first-order valence-electron chi connectivity index (χ1n) is 4.46. The Hall–Kier alpha value is -1.33. The summed E-state index contributed by atoms with van der Waals surface area (Å²) in [5.74, 6) is 1.35. The van der Waals surface area contributed by atoms with E-state index in [2.05, 4.69) is 14.7 Å². The molecule has 4 nitrogen and oxygen atoms in total. The predicted octanol–water partition coefficient (Wildman–Crippen LogP) is 1.85. The van der Waals surface area contributed by atoms with Crippen molar-refractivity contribution >= 4 is 11.8 Å². The van der Waals surface area contributed by atoms with Crippen molar-refractivity contribution < 1.29 is 9.63 Å². The number of aliphatic hydroxyl groups excluding tert-OH is 1. The largest absolute Gasteiger partial charge is 0.392 e. The summed E-state index contributed by atoms with van der Waals surface area (Å²) >= 11 is 1.61. The van der Waals surface area contributed by atoms with E-state index >= 15 is 0 Å². The van der Waals surface area contributed by atoms with Crippen molar-refractivity contribution in [3.05, 3.63) is 42.0 Å². The molecular weight excluding hydrogens is 212 g/mol. The van der Waals surface area contributed by atoms with Gasteiger partial charge < -0.3 is 9.63 Å². The highest BCUT2D eigenvalue weighted by molar-refractivity contribution is 7.98. The molecule has 1 heterocycles. The molecule has 1 aromatic heterocycles. The van der Waals surface area contributed by atoms with E-state index in [-0.39, 0.29) is 6.61 Å². The molecule has 1 N–H and O–H groups in total. The molecule has 0 radical (unpaired) electrons. The normalized spacial score (nSPS) is 10.5. The molecule has 2 aromatic rings. The van der Waals surface area contributed by atoms with E-state index in [4.69, 9.17) is 5.11 Å². The lowest BCUT2D eigenvalue weighted by atomic mass is 10.2. The van der Waals surface area contributed by atoms with Crippen LogP contribution < -0.4 is 0 Å². The zero-order valence-corrected chi connectivity index (χ0v) is 8.78. The fourth-order valence-electron chi connectivity index (χ4n) is 1.14. The van der Waals surface area contributed by atoms with Gasteiger partial charge in [-0.05, 0) is 17.7 Å². The van der Waals surface area contributed by atoms with E-state index in [9.17, 15) is 0 Å². The van der Waals surface area contributed by atoms with Crippen molar-refractivity contribution in [2.75, 3.05) is 0 Å². The van der Waals surface area contributed by atoms with Crippen LogP contribution in [0.5, 0.6) is 0 Å². The lowest BCUT2D eigenvalue weighted by Crippen LogP contribution is -1.85. The first-order chi connectivity index (χ1) is 7.38. The van der Waals surface area contributed by atoms with E-state index in [1.54, 1.807) is 11.8 Å². The summed E-state index contributed by atoms with van der Waals surface area (Å²) in [6.45, 7) is 0.0661. The molecule has 0 bridgehead atoms. The Balaban J connectivity index is 1.98. The lowest BCUT2D eigenvalue weighted by molar-refractivity contribution is 0.281. The Bertz CT molecular complexity index is 417. The third-order valence-corrected chi connectivity index (χ3v) is 2.85. The third kappa shape index (κ3) is 2.81. The van der Waals surface area contributed by atoms with Crippen molar-refractivity contribution in [1.29, 1.82) is 0 Å². The maximum Gasteiger partial charge on any atom is 0.213 e. The van der Waals surface area contributed by atoms with Crippen LogP contribution in [-0.4, -0.2) is 15.2 Å². The molecule has 0 amide bonds. The van der Waals surface area contributed by atoms with Gasteiger partial charge in [0.2, 0.25) is 6.39 Å². The Kier molecular flexibility index (Phi) is 3.37. The highest BCUT2D eigenvalue weighted by atomic mass is 32.2. The van der Waals surface area contributed by atoms with Gasteiger partial charge in [0.05, 0.1) is 12.4 Å². The molecule has 0 atom stereocenters. The number of nitrogens with zero attached hydrogens (tertiary/aromatic N) is 2. The first-order valence-corrected chi connectivity index (χ1v) is 5.45. The number of rotatable bonds is 4. The average Bonchev–Trinajstić information content (AvgIpc) is 2.79. The molecule has 78 valence electrons. The second-order valence-electron chi connectivity index (χ2n) is 2.94. The molecule has 0 spiro atoms. The monoisotopic (exact) mass is 222 g/mol. The zero-order valence-electron chi connectivity index (χ0n) is 7.96. The van der Waals surface area contributed by atoms with E-state index in [1.165, 1.54) is 6.39 Å². The minimum absolute atomic E-state index is 0.0661. The van der Waals surface area contributed by atoms with Gasteiger partial charge in [0.15, 0.2) is 5.82 Å². The van der Waals surface area contributed by atoms with Crippen molar-refractivity contribution in [2.24, 2.45) is 0 Å². The topological polar surface area (TPSA) is 59.2 Å². The summed E-state index contributed by atoms with van der Waals surface area (Å²) in [5.41, 5.74) is 0.910. The van der Waals surface area contributed by atoms with Gasteiger partial charge >= 0.3 is 0 Å². The standard InChI is InChI=1S/C10H10N2O2S/c13-5-8-2-1-3-9(4-8)15-6-10-11-7-14-12-10/h1-4,7,13H,5-6H2. The Morgan fingerprint density at radius 1 is 1.40 bits per heavy atom. The molecular formula is C10H10N2O2S. The first kappa shape index (κ1) is 10.2. The van der Waals surface area contributed by atoms with Crippen LogP contribution in [0.4, 0.5) is 0 Å². The van der Waals surface area contributed by atoms with Crippen molar-refractivity contribution in [3.8, 4) is 0 Å². The number of aromatic nitrogens is 2. The highest BCUT2D eigenvalue weighted by Gasteiger charge is 2.00. The number of hydrogen-bond donors (Lipinski definition) is 1. The minimum Gasteiger partial charge on any atom is -0.392 e. The summed E-state index contributed by atoms with van der Waals surface area (Å²) < 4.78 is 4.63. The van der Waals surface area contributed by atoms with Crippen LogP contribution in [0.2, 0.25) is 0 Å². The lowest BCUT2D eigenvalue weighted by Gasteiger charge is -2.00. The van der Waals surface area contributed by atoms with Crippen LogP contribution in [0.25, 0.3) is 0 Å². The van der Waals surface area contributed by atoms with Crippen molar-refractivity contribution in [1.82, 2.24) is 10.1 Å². The van der Waals surface area contributed by atoms with Crippen LogP contribution in [0.3, 0.4) is 0 Å². The maximum atomic E-state index is 8.97. The molecule has 0 aliphatic carbocycles. The average molecular weight is 222 g/mol. The summed E-state index contributed by atoms with van der Waals surface area (Å²) in [7, 11) is 0. The second kappa shape index (κ2) is 4.95. The summed E-state index contributed by atoms with van der Waals surface area (Å²) in [6, 6.07) is 7.75. The minimum atomic E-state index is 0.0661. The molecule has 0 aliphatic rings. The molecule has 0 saturated heterocycles. The van der Waals surface area contributed by atoms with E-state index in [1.807, 2.05) is 24.3 Å². The van der Waals surface area contributed by atoms with E-state index < -0.39 is 0 Å². The Morgan fingerprint density at radius 2 is 2.33 bits per heavy atom. The molecule has 5 heteroatoms. The summed E-state index contributed by atoms with van der Waals surface area (Å²) in [5, 5.41) is 12.7. The van der Waals surface area contributed by atoms with Crippen molar-refractivity contribution in [3.63, 3.8) is 0 Å². The van der Waals surface area contributed by atoms with Crippen LogP contribution in [0, 0.1) is 0 Å². The van der Waals surface area contributed by atoms with Gasteiger partial charge in [-0.15, -0.1) is 11.8 Å². The van der Waals surface area contributed by atoms with Gasteiger partial charge in [-0.3, -0.25) is 0 Å². The van der Waals surface area contributed by atoms with Crippen LogP contribution in [0.1, 0.15) is 11.4 Å². The van der Waals surface area contributed by atoms with Gasteiger partial charge in [0.25, 0.3) is 0 Å². The zero-order chi connectivity index (χ0) is 10.5. The van der Waals surface area contributed by atoms with Crippen LogP contribution in [-0.2, 0) is 12.4 Å². The second-order valence-corrected chi connectivity index (χ2v) is 3.99. The molecule has 1 aromatic carbocycles. The molecule has 0 unspecified atom stereocenters. The summed E-state index contributed by atoms with van der Waals surface area (Å²) in [6.07, 6.45) is 1.32. The predicted molar refractivity (Wildman–Crippen MR) is 56.2 cm³/mol. The number of thioether (sulfide) groups is 1. The molecule has 2 rings (SSSR count). The summed E-state index contributed by atoms with van der Waals surface area (Å²) in [4.78, 5) is 5.02. The van der Waals surface area contributed by atoms with Crippen molar-refractivity contribution in [2.45, 2.75) is 17.3 Å². The van der Waals surface area contributed by atoms with Gasteiger partial charge in [0.1, 0.15) is 0 Å². The van der Waals surface area contributed by atoms with Gasteiger partial charge in [0, 0.05) is 4.90 Å². The van der Waals surface area contributed by atoms with Crippen LogP contribution >= 0.6 is 11.8 Å². The molecule has 0 saturated carbocycles. The molecule has 15 heavy (non-hydrogen) atoms. The molecule has 0 fully saturated rings. The number of hydrogen-bond acceptors (Lipinski definition) is 5. The number of aliphatic hydroxyl groups is 1. The van der Waals surface area contributed by atoms with E-state index in [0.717, 1.165) is 10.5 Å². The number of benzene rings is 1. The van der Waals surface area contributed by atoms with Gasteiger partial charge in [-0.2, -0.15) is 4.98 Å². The quantitative estimate of drug-likeness (QED) is 0.800. The maximum absolute atomic E-state index is 8.97. The Morgan fingerprint density at radius 3 is 3.07 bits per heavy atom. The highest BCUT2D eigenvalue weighted by Crippen LogP contribution is 2.22. The fourth-order valence-corrected chi connectivity index (χ4v) is 1.97. The SMILES string of the molecule is OCc1cccc(SCc2ncon2)c1. The molecule has 0 aliphatic heterocycles. The third-order valence-electron chi connectivity index (χ3n) is 1.86. The Labute approximate surface area is 91.3 Å².